The molecule has 1 atom stereocenters. The van der Waals surface area contributed by atoms with Crippen LogP contribution in [0, 0.1) is 0 Å². The number of carbonyl (C=O) groups is 1. The number of benzene rings is 2. The maximum absolute atomic E-state index is 11.8. The Balaban J connectivity index is 2.03. The summed E-state index contributed by atoms with van der Waals surface area (Å²) in [6.45, 7) is 0. The number of hydrazone groups is 1. The molecule has 0 bridgehead atoms. The second-order valence-electron chi connectivity index (χ2n) is 4.18. The molecule has 0 aliphatic heterocycles. The van der Waals surface area contributed by atoms with Crippen LogP contribution in [0.25, 0.3) is 0 Å². The molecule has 0 radical (unpaired) electrons. The van der Waals surface area contributed by atoms with Gasteiger partial charge in [-0.15, -0.1) is 0 Å². The van der Waals surface area contributed by atoms with Gasteiger partial charge in [-0.2, -0.15) is 5.10 Å². The molecule has 108 valence electrons. The Morgan fingerprint density at radius 1 is 1.10 bits per heavy atom. The van der Waals surface area contributed by atoms with E-state index in [1.54, 1.807) is 48.5 Å². The van der Waals surface area contributed by atoms with E-state index in [0.29, 0.717) is 21.2 Å². The van der Waals surface area contributed by atoms with Gasteiger partial charge >= 0.3 is 0 Å². The van der Waals surface area contributed by atoms with Gasteiger partial charge in [0.1, 0.15) is 0 Å². The molecule has 0 unspecified atom stereocenters. The molecule has 0 aliphatic rings. The van der Waals surface area contributed by atoms with Crippen molar-refractivity contribution in [2.45, 2.75) is 6.10 Å². The van der Waals surface area contributed by atoms with Gasteiger partial charge in [0, 0.05) is 5.56 Å². The first-order valence-corrected chi connectivity index (χ1v) is 6.85. The fourth-order valence-electron chi connectivity index (χ4n) is 1.64. The third-order valence-electron chi connectivity index (χ3n) is 2.73. The first-order valence-electron chi connectivity index (χ1n) is 6.09. The van der Waals surface area contributed by atoms with Gasteiger partial charge in [-0.3, -0.25) is 4.79 Å². The van der Waals surface area contributed by atoms with Crippen LogP contribution in [0.3, 0.4) is 0 Å². The monoisotopic (exact) mass is 322 g/mol. The zero-order valence-corrected chi connectivity index (χ0v) is 12.3. The minimum absolute atomic E-state index is 0.420. The van der Waals surface area contributed by atoms with E-state index in [0.717, 1.165) is 0 Å². The number of aliphatic hydroxyl groups is 1. The second-order valence-corrected chi connectivity index (χ2v) is 5.00. The van der Waals surface area contributed by atoms with Crippen molar-refractivity contribution in [3.8, 4) is 0 Å². The molecule has 0 aromatic heterocycles. The van der Waals surface area contributed by atoms with Gasteiger partial charge in [0.15, 0.2) is 6.10 Å². The topological polar surface area (TPSA) is 61.7 Å². The minimum atomic E-state index is -1.29. The Kier molecular flexibility index (Phi) is 5.33. The third kappa shape index (κ3) is 4.04. The lowest BCUT2D eigenvalue weighted by Crippen LogP contribution is -2.25. The Labute approximate surface area is 132 Å². The molecule has 2 aromatic carbocycles. The number of aliphatic hydroxyl groups excluding tert-OH is 1. The molecule has 0 spiro atoms. The van der Waals surface area contributed by atoms with Crippen molar-refractivity contribution >= 4 is 35.3 Å². The number of nitrogens with zero attached hydrogens (tertiary/aromatic N) is 1. The molecule has 2 N–H and O–H groups in total. The normalized spacial score (nSPS) is 12.3. The summed E-state index contributed by atoms with van der Waals surface area (Å²) in [5, 5.41) is 14.5. The van der Waals surface area contributed by atoms with E-state index < -0.39 is 12.0 Å². The summed E-state index contributed by atoms with van der Waals surface area (Å²) in [5.74, 6) is -0.638. The van der Waals surface area contributed by atoms with Crippen molar-refractivity contribution in [1.29, 1.82) is 0 Å². The average molecular weight is 323 g/mol. The van der Waals surface area contributed by atoms with E-state index in [9.17, 15) is 9.90 Å². The van der Waals surface area contributed by atoms with Crippen LogP contribution in [0.5, 0.6) is 0 Å². The van der Waals surface area contributed by atoms with Crippen LogP contribution in [0.1, 0.15) is 17.2 Å². The average Bonchev–Trinajstić information content (AvgIpc) is 2.50. The third-order valence-corrected chi connectivity index (χ3v) is 3.39. The van der Waals surface area contributed by atoms with Crippen LogP contribution >= 0.6 is 23.2 Å². The van der Waals surface area contributed by atoms with E-state index in [4.69, 9.17) is 23.2 Å². The van der Waals surface area contributed by atoms with Crippen LogP contribution < -0.4 is 5.43 Å². The van der Waals surface area contributed by atoms with Gasteiger partial charge in [-0.05, 0) is 17.7 Å². The first kappa shape index (κ1) is 15.5. The van der Waals surface area contributed by atoms with Gasteiger partial charge in [-0.25, -0.2) is 5.43 Å². The van der Waals surface area contributed by atoms with Gasteiger partial charge in [-0.1, -0.05) is 59.6 Å². The summed E-state index contributed by atoms with van der Waals surface area (Å²) in [7, 11) is 0. The lowest BCUT2D eigenvalue weighted by Gasteiger charge is -2.08. The Hall–Kier alpha value is -1.88. The Morgan fingerprint density at radius 2 is 1.71 bits per heavy atom. The fourth-order valence-corrected chi connectivity index (χ4v) is 2.14. The minimum Gasteiger partial charge on any atom is -0.378 e. The molecule has 0 heterocycles. The molecule has 0 saturated heterocycles. The van der Waals surface area contributed by atoms with E-state index in [-0.39, 0.29) is 0 Å². The maximum Gasteiger partial charge on any atom is 0.273 e. The zero-order chi connectivity index (χ0) is 15.2. The molecule has 4 nitrogen and oxygen atoms in total. The molecular formula is C15H12Cl2N2O2. The molecule has 0 aliphatic carbocycles. The van der Waals surface area contributed by atoms with Crippen molar-refractivity contribution in [3.05, 3.63) is 69.7 Å². The van der Waals surface area contributed by atoms with E-state index >= 15 is 0 Å². The zero-order valence-electron chi connectivity index (χ0n) is 10.8. The van der Waals surface area contributed by atoms with Crippen LogP contribution in [-0.2, 0) is 4.79 Å². The fraction of sp³-hybridized carbons (Fsp3) is 0.0667. The van der Waals surface area contributed by atoms with Crippen LogP contribution in [0.15, 0.2) is 53.6 Å². The molecule has 0 saturated carbocycles. The number of halogens is 2. The summed E-state index contributed by atoms with van der Waals surface area (Å²) < 4.78 is 0. The Bertz CT molecular complexity index is 640. The van der Waals surface area contributed by atoms with Crippen LogP contribution in [0.2, 0.25) is 10.0 Å². The highest BCUT2D eigenvalue weighted by atomic mass is 35.5. The summed E-state index contributed by atoms with van der Waals surface area (Å²) in [6.07, 6.45) is 0.0466. The number of nitrogens with one attached hydrogen (secondary N) is 1. The van der Waals surface area contributed by atoms with E-state index in [1.807, 2.05) is 0 Å². The number of rotatable bonds is 4. The van der Waals surface area contributed by atoms with Crippen molar-refractivity contribution in [2.75, 3.05) is 0 Å². The summed E-state index contributed by atoms with van der Waals surface area (Å²) >= 11 is 11.9. The number of hydrogen-bond donors (Lipinski definition) is 2. The predicted molar refractivity (Wildman–Crippen MR) is 83.6 cm³/mol. The summed E-state index contributed by atoms with van der Waals surface area (Å²) in [6, 6.07) is 13.6. The number of hydrogen-bond acceptors (Lipinski definition) is 3. The molecule has 2 rings (SSSR count). The van der Waals surface area contributed by atoms with Crippen LogP contribution in [-0.4, -0.2) is 17.2 Å². The predicted octanol–water partition coefficient (Wildman–Crippen LogP) is 3.18. The quantitative estimate of drug-likeness (QED) is 0.670. The molecule has 21 heavy (non-hydrogen) atoms. The van der Waals surface area contributed by atoms with Crippen molar-refractivity contribution in [2.24, 2.45) is 5.10 Å². The standard InChI is InChI=1S/C15H12Cl2N2O2/c16-12-7-4-8-13(17)11(12)9-18-19-15(21)14(20)10-5-2-1-3-6-10/h1-9,14,20H,(H,19,21)/b18-9-/t14-/m0/s1. The maximum atomic E-state index is 11.8. The highest BCUT2D eigenvalue weighted by Crippen LogP contribution is 2.22. The van der Waals surface area contributed by atoms with E-state index in [2.05, 4.69) is 10.5 Å². The van der Waals surface area contributed by atoms with Crippen molar-refractivity contribution in [1.82, 2.24) is 5.43 Å². The lowest BCUT2D eigenvalue weighted by atomic mass is 10.1. The molecule has 1 amide bonds. The Morgan fingerprint density at radius 3 is 2.33 bits per heavy atom. The second kappa shape index (κ2) is 7.22. The molecule has 2 aromatic rings. The van der Waals surface area contributed by atoms with Crippen molar-refractivity contribution in [3.63, 3.8) is 0 Å². The summed E-state index contributed by atoms with van der Waals surface area (Å²) in [5.41, 5.74) is 3.23. The van der Waals surface area contributed by atoms with Gasteiger partial charge in [0.2, 0.25) is 0 Å². The largest absolute Gasteiger partial charge is 0.378 e. The SMILES string of the molecule is O=C(N/N=C\c1c(Cl)cccc1Cl)[C@@H](O)c1ccccc1. The van der Waals surface area contributed by atoms with Gasteiger partial charge in [0.05, 0.1) is 16.3 Å². The lowest BCUT2D eigenvalue weighted by molar-refractivity contribution is -0.129. The van der Waals surface area contributed by atoms with Crippen LogP contribution in [0.4, 0.5) is 0 Å². The molecular weight excluding hydrogens is 311 g/mol. The van der Waals surface area contributed by atoms with Gasteiger partial charge < -0.3 is 5.11 Å². The van der Waals surface area contributed by atoms with E-state index in [1.165, 1.54) is 6.21 Å². The smallest absolute Gasteiger partial charge is 0.273 e. The molecule has 0 fully saturated rings. The summed E-state index contributed by atoms with van der Waals surface area (Å²) in [4.78, 5) is 11.8. The number of carbonyl (C=O) groups excluding carboxylic acids is 1. The highest BCUT2D eigenvalue weighted by Gasteiger charge is 2.16. The van der Waals surface area contributed by atoms with Gasteiger partial charge in [0.25, 0.3) is 5.91 Å². The number of amides is 1. The molecule has 6 heteroatoms. The van der Waals surface area contributed by atoms with Crippen molar-refractivity contribution < 1.29 is 9.90 Å². The first-order chi connectivity index (χ1) is 10.1. The highest BCUT2D eigenvalue weighted by molar-refractivity contribution is 6.38.